The Hall–Kier alpha value is -2.01. The first kappa shape index (κ1) is 17.3. The maximum absolute atomic E-state index is 12.2. The third-order valence-corrected chi connectivity index (χ3v) is 3.83. The molecule has 1 aromatic heterocycles. The van der Waals surface area contributed by atoms with Gasteiger partial charge in [-0.05, 0) is 30.9 Å². The van der Waals surface area contributed by atoms with Crippen molar-refractivity contribution in [3.8, 4) is 5.75 Å². The van der Waals surface area contributed by atoms with Gasteiger partial charge in [0.1, 0.15) is 11.3 Å². The minimum absolute atomic E-state index is 0.0535. The van der Waals surface area contributed by atoms with Gasteiger partial charge in [-0.1, -0.05) is 13.8 Å². The molecule has 2 N–H and O–H groups in total. The molecule has 1 atom stereocenters. The Kier molecular flexibility index (Phi) is 5.31. The van der Waals surface area contributed by atoms with Crippen molar-refractivity contribution in [2.45, 2.75) is 39.7 Å². The third-order valence-electron chi connectivity index (χ3n) is 3.83. The van der Waals surface area contributed by atoms with E-state index in [0.29, 0.717) is 18.5 Å². The van der Waals surface area contributed by atoms with Crippen molar-refractivity contribution in [2.75, 3.05) is 13.7 Å². The van der Waals surface area contributed by atoms with Crippen molar-refractivity contribution >= 4 is 16.9 Å². The van der Waals surface area contributed by atoms with Crippen molar-refractivity contribution in [3.63, 3.8) is 0 Å². The normalized spacial score (nSPS) is 13.1. The molecule has 1 amide bonds. The van der Waals surface area contributed by atoms with Crippen LogP contribution in [-0.4, -0.2) is 30.8 Å². The van der Waals surface area contributed by atoms with Gasteiger partial charge in [0, 0.05) is 23.6 Å². The minimum atomic E-state index is -0.380. The molecule has 0 fully saturated rings. The molecule has 0 saturated carbocycles. The maximum Gasteiger partial charge on any atom is 0.224 e. The Morgan fingerprint density at radius 1 is 1.43 bits per heavy atom. The van der Waals surface area contributed by atoms with Crippen LogP contribution in [0.3, 0.4) is 0 Å². The number of benzene rings is 1. The second-order valence-corrected chi connectivity index (χ2v) is 6.79. The Morgan fingerprint density at radius 3 is 2.83 bits per heavy atom. The highest BCUT2D eigenvalue weighted by molar-refractivity contribution is 5.88. The summed E-state index contributed by atoms with van der Waals surface area (Å²) in [5.74, 6) is 0.671. The van der Waals surface area contributed by atoms with Gasteiger partial charge < -0.3 is 19.6 Å². The fourth-order valence-corrected chi connectivity index (χ4v) is 2.77. The van der Waals surface area contributed by atoms with E-state index in [9.17, 15) is 9.90 Å². The lowest BCUT2D eigenvalue weighted by atomic mass is 9.87. The van der Waals surface area contributed by atoms with Crippen molar-refractivity contribution < 1.29 is 19.1 Å². The number of hydrogen-bond acceptors (Lipinski definition) is 4. The fraction of sp³-hybridized carbons (Fsp3) is 0.500. The van der Waals surface area contributed by atoms with Crippen LogP contribution in [0.25, 0.3) is 11.0 Å². The number of hydrogen-bond donors (Lipinski definition) is 2. The zero-order chi connectivity index (χ0) is 17.0. The molecule has 0 aliphatic rings. The second-order valence-electron chi connectivity index (χ2n) is 6.79. The van der Waals surface area contributed by atoms with Gasteiger partial charge in [-0.25, -0.2) is 0 Å². The predicted octanol–water partition coefficient (Wildman–Crippen LogP) is 2.90. The Bertz CT molecular complexity index is 673. The van der Waals surface area contributed by atoms with Crippen LogP contribution in [-0.2, 0) is 11.2 Å². The van der Waals surface area contributed by atoms with Gasteiger partial charge >= 0.3 is 0 Å². The topological polar surface area (TPSA) is 71.7 Å². The summed E-state index contributed by atoms with van der Waals surface area (Å²) >= 11 is 0. The SMILES string of the molecule is COc1ccc2c(CC(=O)NCC(C)(C)CC(C)O)coc2c1. The molecule has 2 rings (SSSR count). The van der Waals surface area contributed by atoms with E-state index >= 15 is 0 Å². The molecule has 126 valence electrons. The van der Waals surface area contributed by atoms with Crippen molar-refractivity contribution in [1.82, 2.24) is 5.32 Å². The van der Waals surface area contributed by atoms with E-state index in [1.807, 2.05) is 32.0 Å². The summed E-state index contributed by atoms with van der Waals surface area (Å²) < 4.78 is 10.7. The number of methoxy groups -OCH3 is 1. The van der Waals surface area contributed by atoms with E-state index in [4.69, 9.17) is 9.15 Å². The molecule has 0 saturated heterocycles. The third kappa shape index (κ3) is 4.73. The molecule has 1 aromatic carbocycles. The molecule has 2 aromatic rings. The molecular weight excluding hydrogens is 294 g/mol. The Balaban J connectivity index is 1.98. The molecule has 0 spiro atoms. The number of carbonyl (C=O) groups excluding carboxylic acids is 1. The average Bonchev–Trinajstić information content (AvgIpc) is 2.86. The molecule has 5 nitrogen and oxygen atoms in total. The van der Waals surface area contributed by atoms with Crippen LogP contribution in [0.5, 0.6) is 5.75 Å². The number of rotatable bonds is 7. The Labute approximate surface area is 136 Å². The first-order valence-electron chi connectivity index (χ1n) is 7.79. The van der Waals surface area contributed by atoms with Crippen LogP contribution >= 0.6 is 0 Å². The molecule has 1 unspecified atom stereocenters. The van der Waals surface area contributed by atoms with Gasteiger partial charge in [-0.15, -0.1) is 0 Å². The van der Waals surface area contributed by atoms with Crippen LogP contribution < -0.4 is 10.1 Å². The van der Waals surface area contributed by atoms with Crippen LogP contribution in [0.4, 0.5) is 0 Å². The van der Waals surface area contributed by atoms with Crippen LogP contribution in [0.1, 0.15) is 32.8 Å². The minimum Gasteiger partial charge on any atom is -0.497 e. The molecule has 1 heterocycles. The van der Waals surface area contributed by atoms with E-state index in [2.05, 4.69) is 5.32 Å². The van der Waals surface area contributed by atoms with Gasteiger partial charge in [-0.2, -0.15) is 0 Å². The van der Waals surface area contributed by atoms with E-state index in [1.54, 1.807) is 20.3 Å². The molecular formula is C18H25NO4. The standard InChI is InChI=1S/C18H25NO4/c1-12(20)9-18(2,3)11-19-17(21)7-13-10-23-16-8-14(22-4)5-6-15(13)16/h5-6,8,10,12,20H,7,9,11H2,1-4H3,(H,19,21). The summed E-state index contributed by atoms with van der Waals surface area (Å²) in [6.45, 7) is 6.34. The predicted molar refractivity (Wildman–Crippen MR) is 89.6 cm³/mol. The smallest absolute Gasteiger partial charge is 0.224 e. The lowest BCUT2D eigenvalue weighted by molar-refractivity contribution is -0.121. The molecule has 5 heteroatoms. The lowest BCUT2D eigenvalue weighted by Crippen LogP contribution is -2.36. The van der Waals surface area contributed by atoms with E-state index < -0.39 is 0 Å². The van der Waals surface area contributed by atoms with E-state index in [0.717, 1.165) is 16.7 Å². The first-order valence-corrected chi connectivity index (χ1v) is 7.79. The average molecular weight is 319 g/mol. The van der Waals surface area contributed by atoms with Gasteiger partial charge in [0.05, 0.1) is 25.9 Å². The summed E-state index contributed by atoms with van der Waals surface area (Å²) in [6, 6.07) is 5.56. The summed E-state index contributed by atoms with van der Waals surface area (Å²) in [7, 11) is 1.60. The lowest BCUT2D eigenvalue weighted by Gasteiger charge is -2.26. The highest BCUT2D eigenvalue weighted by Gasteiger charge is 2.21. The van der Waals surface area contributed by atoms with Crippen LogP contribution in [0, 0.1) is 5.41 Å². The summed E-state index contributed by atoms with van der Waals surface area (Å²) in [5.41, 5.74) is 1.42. The number of carbonyl (C=O) groups is 1. The van der Waals surface area contributed by atoms with Crippen LogP contribution in [0.15, 0.2) is 28.9 Å². The van der Waals surface area contributed by atoms with Gasteiger partial charge in [0.2, 0.25) is 5.91 Å². The monoisotopic (exact) mass is 319 g/mol. The van der Waals surface area contributed by atoms with Crippen LogP contribution in [0.2, 0.25) is 0 Å². The fourth-order valence-electron chi connectivity index (χ4n) is 2.77. The van der Waals surface area contributed by atoms with Crippen molar-refractivity contribution in [1.29, 1.82) is 0 Å². The molecule has 0 aliphatic carbocycles. The molecule has 0 radical (unpaired) electrons. The number of amides is 1. The molecule has 23 heavy (non-hydrogen) atoms. The number of ether oxygens (including phenoxy) is 1. The second kappa shape index (κ2) is 7.04. The Morgan fingerprint density at radius 2 is 2.17 bits per heavy atom. The maximum atomic E-state index is 12.2. The largest absolute Gasteiger partial charge is 0.497 e. The van der Waals surface area contributed by atoms with Gasteiger partial charge in [0.15, 0.2) is 0 Å². The summed E-state index contributed by atoms with van der Waals surface area (Å²) in [5, 5.41) is 13.3. The molecule has 0 aliphatic heterocycles. The molecule has 0 bridgehead atoms. The summed E-state index contributed by atoms with van der Waals surface area (Å²) in [4.78, 5) is 12.2. The number of nitrogens with one attached hydrogen (secondary N) is 1. The zero-order valence-corrected chi connectivity index (χ0v) is 14.2. The number of furan rings is 1. The number of fused-ring (bicyclic) bond motifs is 1. The highest BCUT2D eigenvalue weighted by Crippen LogP contribution is 2.26. The van der Waals surface area contributed by atoms with Gasteiger partial charge in [-0.3, -0.25) is 4.79 Å². The van der Waals surface area contributed by atoms with E-state index in [-0.39, 0.29) is 23.8 Å². The van der Waals surface area contributed by atoms with Gasteiger partial charge in [0.25, 0.3) is 0 Å². The number of aliphatic hydroxyl groups is 1. The first-order chi connectivity index (χ1) is 10.8. The zero-order valence-electron chi connectivity index (χ0n) is 14.2. The number of aliphatic hydroxyl groups excluding tert-OH is 1. The highest BCUT2D eigenvalue weighted by atomic mass is 16.5. The van der Waals surface area contributed by atoms with E-state index in [1.165, 1.54) is 0 Å². The quantitative estimate of drug-likeness (QED) is 0.823. The van der Waals surface area contributed by atoms with Crippen molar-refractivity contribution in [2.24, 2.45) is 5.41 Å². The van der Waals surface area contributed by atoms with Crippen molar-refractivity contribution in [3.05, 3.63) is 30.0 Å². The summed E-state index contributed by atoms with van der Waals surface area (Å²) in [6.07, 6.45) is 2.14.